The van der Waals surface area contributed by atoms with Crippen LogP contribution in [0, 0.1) is 7.11 Å². The summed E-state index contributed by atoms with van der Waals surface area (Å²) in [6.45, 7) is 0.417. The van der Waals surface area contributed by atoms with Crippen molar-refractivity contribution in [1.82, 2.24) is 0 Å². The molecule has 0 fully saturated rings. The Kier molecular flexibility index (Phi) is 4.95. The number of hydrogen-bond acceptors (Lipinski definition) is 3. The molecule has 0 saturated heterocycles. The maximum absolute atomic E-state index is 4.73. The molecule has 0 heterocycles. The monoisotopic (exact) mass is 119 g/mol. The lowest BCUT2D eigenvalue weighted by Gasteiger charge is -2.10. The Morgan fingerprint density at radius 1 is 1.50 bits per heavy atom. The van der Waals surface area contributed by atoms with Crippen LogP contribution in [-0.4, -0.2) is 27.1 Å². The van der Waals surface area contributed by atoms with Gasteiger partial charge in [-0.25, -0.2) is 0 Å². The SMILES string of the molecule is [CH2]OC(COC)OC. The molecule has 0 aliphatic carbocycles. The van der Waals surface area contributed by atoms with Crippen molar-refractivity contribution < 1.29 is 14.2 Å². The summed E-state index contributed by atoms with van der Waals surface area (Å²) in [4.78, 5) is 0. The van der Waals surface area contributed by atoms with Crippen LogP contribution in [0.25, 0.3) is 0 Å². The number of methoxy groups -OCH3 is 2. The van der Waals surface area contributed by atoms with Gasteiger partial charge in [-0.1, -0.05) is 0 Å². The molecule has 1 atom stereocenters. The highest BCUT2D eigenvalue weighted by Crippen LogP contribution is 1.89. The molecule has 0 aromatic rings. The van der Waals surface area contributed by atoms with Crippen LogP contribution in [0.5, 0.6) is 0 Å². The topological polar surface area (TPSA) is 27.7 Å². The van der Waals surface area contributed by atoms with Crippen molar-refractivity contribution in [3.05, 3.63) is 7.11 Å². The molecular weight excluding hydrogens is 108 g/mol. The fourth-order valence-electron chi connectivity index (χ4n) is 0.320. The minimum Gasteiger partial charge on any atom is -0.379 e. The average molecular weight is 119 g/mol. The summed E-state index contributed by atoms with van der Waals surface area (Å²) in [6.07, 6.45) is -0.333. The standard InChI is InChI=1S/C5H11O3/c1-6-4-5(7-2)8-3/h5H,2,4H2,1,3H3. The van der Waals surface area contributed by atoms with E-state index in [9.17, 15) is 0 Å². The van der Waals surface area contributed by atoms with Gasteiger partial charge < -0.3 is 14.2 Å². The molecule has 0 amide bonds. The van der Waals surface area contributed by atoms with Crippen LogP contribution >= 0.6 is 0 Å². The predicted octanol–water partition coefficient (Wildman–Crippen LogP) is 0.413. The van der Waals surface area contributed by atoms with Crippen LogP contribution in [0.1, 0.15) is 0 Å². The molecule has 8 heavy (non-hydrogen) atoms. The molecule has 0 N–H and O–H groups in total. The van der Waals surface area contributed by atoms with E-state index < -0.39 is 0 Å². The van der Waals surface area contributed by atoms with Gasteiger partial charge in [0.25, 0.3) is 0 Å². The average Bonchev–Trinajstić information content (AvgIpc) is 1.83. The first-order valence-electron chi connectivity index (χ1n) is 2.27. The van der Waals surface area contributed by atoms with Gasteiger partial charge in [-0.05, 0) is 0 Å². The van der Waals surface area contributed by atoms with Gasteiger partial charge in [0.05, 0.1) is 13.7 Å². The fourth-order valence-corrected chi connectivity index (χ4v) is 0.320. The van der Waals surface area contributed by atoms with E-state index in [1.165, 1.54) is 7.11 Å². The Morgan fingerprint density at radius 3 is 2.25 bits per heavy atom. The van der Waals surface area contributed by atoms with E-state index in [1.54, 1.807) is 7.11 Å². The van der Waals surface area contributed by atoms with Gasteiger partial charge in [0, 0.05) is 14.2 Å². The largest absolute Gasteiger partial charge is 0.379 e. The summed E-state index contributed by atoms with van der Waals surface area (Å²) in [7, 11) is 6.28. The summed E-state index contributed by atoms with van der Waals surface area (Å²) in [6, 6.07) is 0. The van der Waals surface area contributed by atoms with E-state index >= 15 is 0 Å². The fraction of sp³-hybridized carbons (Fsp3) is 0.800. The molecule has 1 unspecified atom stereocenters. The Hall–Kier alpha value is -0.120. The van der Waals surface area contributed by atoms with Gasteiger partial charge in [0.2, 0.25) is 0 Å². The Balaban J connectivity index is 3.07. The van der Waals surface area contributed by atoms with Gasteiger partial charge in [-0.3, -0.25) is 0 Å². The van der Waals surface area contributed by atoms with Crippen LogP contribution in [0.4, 0.5) is 0 Å². The molecule has 3 nitrogen and oxygen atoms in total. The van der Waals surface area contributed by atoms with E-state index in [4.69, 9.17) is 9.47 Å². The molecule has 3 heteroatoms. The smallest absolute Gasteiger partial charge is 0.180 e. The van der Waals surface area contributed by atoms with Crippen molar-refractivity contribution in [1.29, 1.82) is 0 Å². The summed E-state index contributed by atoms with van der Waals surface area (Å²) >= 11 is 0. The van der Waals surface area contributed by atoms with E-state index in [1.807, 2.05) is 0 Å². The zero-order valence-electron chi connectivity index (χ0n) is 5.22. The third kappa shape index (κ3) is 2.96. The second-order valence-electron chi connectivity index (χ2n) is 1.29. The third-order valence-electron chi connectivity index (χ3n) is 0.752. The lowest BCUT2D eigenvalue weighted by atomic mass is 10.7. The summed E-state index contributed by atoms with van der Waals surface area (Å²) in [5, 5.41) is 0. The van der Waals surface area contributed by atoms with E-state index in [2.05, 4.69) is 11.8 Å². The number of ether oxygens (including phenoxy) is 3. The van der Waals surface area contributed by atoms with E-state index in [-0.39, 0.29) is 6.29 Å². The minimum absolute atomic E-state index is 0.333. The zero-order valence-corrected chi connectivity index (χ0v) is 5.22. The van der Waals surface area contributed by atoms with Gasteiger partial charge in [-0.15, -0.1) is 0 Å². The molecule has 49 valence electrons. The first kappa shape index (κ1) is 7.88. The molecule has 0 aromatic heterocycles. The van der Waals surface area contributed by atoms with Crippen LogP contribution in [0.2, 0.25) is 0 Å². The van der Waals surface area contributed by atoms with Gasteiger partial charge in [0.15, 0.2) is 6.29 Å². The van der Waals surface area contributed by atoms with E-state index in [0.29, 0.717) is 6.61 Å². The Morgan fingerprint density at radius 2 is 2.12 bits per heavy atom. The summed E-state index contributed by atoms with van der Waals surface area (Å²) in [5.41, 5.74) is 0. The van der Waals surface area contributed by atoms with Gasteiger partial charge >= 0.3 is 0 Å². The van der Waals surface area contributed by atoms with Crippen molar-refractivity contribution in [2.45, 2.75) is 6.29 Å². The van der Waals surface area contributed by atoms with Crippen molar-refractivity contribution in [3.63, 3.8) is 0 Å². The molecule has 0 aliphatic heterocycles. The maximum atomic E-state index is 4.73. The molecule has 0 aliphatic rings. The Bertz CT molecular complexity index is 42.9. The van der Waals surface area contributed by atoms with Gasteiger partial charge in [-0.2, -0.15) is 0 Å². The lowest BCUT2D eigenvalue weighted by Crippen LogP contribution is -2.17. The summed E-state index contributed by atoms with van der Waals surface area (Å²) < 4.78 is 14.0. The van der Waals surface area contributed by atoms with Crippen LogP contribution in [-0.2, 0) is 14.2 Å². The zero-order chi connectivity index (χ0) is 6.41. The first-order valence-corrected chi connectivity index (χ1v) is 2.27. The second kappa shape index (κ2) is 5.03. The van der Waals surface area contributed by atoms with Crippen molar-refractivity contribution in [2.24, 2.45) is 0 Å². The highest BCUT2D eigenvalue weighted by Gasteiger charge is 2.00. The number of hydrogen-bond donors (Lipinski definition) is 0. The highest BCUT2D eigenvalue weighted by molar-refractivity contribution is 4.36. The van der Waals surface area contributed by atoms with Crippen LogP contribution in [0.3, 0.4) is 0 Å². The first-order chi connectivity index (χ1) is 3.85. The van der Waals surface area contributed by atoms with Crippen molar-refractivity contribution >= 4 is 0 Å². The molecule has 0 aromatic carbocycles. The second-order valence-corrected chi connectivity index (χ2v) is 1.29. The van der Waals surface area contributed by atoms with Crippen LogP contribution < -0.4 is 0 Å². The predicted molar refractivity (Wildman–Crippen MR) is 29.1 cm³/mol. The molecule has 0 spiro atoms. The molecular formula is C5H11O3. The van der Waals surface area contributed by atoms with Gasteiger partial charge in [0.1, 0.15) is 0 Å². The maximum Gasteiger partial charge on any atom is 0.180 e. The van der Waals surface area contributed by atoms with Crippen LogP contribution in [0.15, 0.2) is 0 Å². The third-order valence-corrected chi connectivity index (χ3v) is 0.752. The van der Waals surface area contributed by atoms with E-state index in [0.717, 1.165) is 0 Å². The summed E-state index contributed by atoms with van der Waals surface area (Å²) in [5.74, 6) is 0. The van der Waals surface area contributed by atoms with Crippen molar-refractivity contribution in [3.8, 4) is 0 Å². The minimum atomic E-state index is -0.333. The van der Waals surface area contributed by atoms with Crippen molar-refractivity contribution in [2.75, 3.05) is 20.8 Å². The molecule has 1 radical (unpaired) electrons. The Labute approximate surface area is 49.5 Å². The quantitative estimate of drug-likeness (QED) is 0.502. The normalized spacial score (nSPS) is 10.5. The molecule has 0 rings (SSSR count). The highest BCUT2D eigenvalue weighted by atomic mass is 16.7. The molecule has 0 saturated carbocycles. The number of rotatable bonds is 4. The lowest BCUT2D eigenvalue weighted by molar-refractivity contribution is -0.120. The molecule has 0 bridgehead atoms.